The molecule has 0 amide bonds. The molecule has 0 spiro atoms. The lowest BCUT2D eigenvalue weighted by molar-refractivity contribution is 0.269. The highest BCUT2D eigenvalue weighted by atomic mass is 15.2. The lowest BCUT2D eigenvalue weighted by Gasteiger charge is -2.18. The van der Waals surface area contributed by atoms with Crippen LogP contribution in [0.2, 0.25) is 0 Å². The van der Waals surface area contributed by atoms with Crippen LogP contribution in [0, 0.1) is 0 Å². The van der Waals surface area contributed by atoms with Gasteiger partial charge in [-0.15, -0.1) is 0 Å². The maximum atomic E-state index is 5.71. The first-order valence-corrected chi connectivity index (χ1v) is 9.78. The third kappa shape index (κ3) is 3.21. The zero-order valence-corrected chi connectivity index (χ0v) is 15.8. The number of imidazole rings is 2. The van der Waals surface area contributed by atoms with Crippen molar-refractivity contribution in [3.05, 3.63) is 72.1 Å². The normalized spacial score (nSPS) is 14.9. The van der Waals surface area contributed by atoms with Crippen LogP contribution in [0.1, 0.15) is 17.1 Å². The second kappa shape index (κ2) is 7.22. The fourth-order valence-corrected chi connectivity index (χ4v) is 4.01. The van der Waals surface area contributed by atoms with E-state index in [1.807, 2.05) is 6.20 Å². The van der Waals surface area contributed by atoms with Crippen LogP contribution in [-0.4, -0.2) is 37.5 Å². The molecule has 6 heteroatoms. The molecule has 2 aromatic carbocycles. The summed E-state index contributed by atoms with van der Waals surface area (Å²) >= 11 is 0. The molecule has 0 bridgehead atoms. The van der Waals surface area contributed by atoms with E-state index < -0.39 is 0 Å². The number of H-pyrrole nitrogens is 1. The van der Waals surface area contributed by atoms with Gasteiger partial charge in [0.15, 0.2) is 0 Å². The maximum Gasteiger partial charge on any atom is 0.111 e. The Bertz CT molecular complexity index is 1080. The third-order valence-electron chi connectivity index (χ3n) is 5.59. The number of aromatic amines is 1. The fourth-order valence-electron chi connectivity index (χ4n) is 4.01. The fraction of sp³-hybridized carbons (Fsp3) is 0.273. The van der Waals surface area contributed by atoms with Gasteiger partial charge in [0.25, 0.3) is 0 Å². The molecule has 0 saturated heterocycles. The zero-order chi connectivity index (χ0) is 18.9. The Labute approximate surface area is 164 Å². The summed E-state index contributed by atoms with van der Waals surface area (Å²) in [6.45, 7) is 4.47. The Morgan fingerprint density at radius 2 is 1.86 bits per heavy atom. The average Bonchev–Trinajstić information content (AvgIpc) is 3.32. The first-order chi connectivity index (χ1) is 13.8. The van der Waals surface area contributed by atoms with Gasteiger partial charge in [0, 0.05) is 51.0 Å². The summed E-state index contributed by atoms with van der Waals surface area (Å²) in [7, 11) is 0. The standard InChI is InChI=1S/C22H24N6/c23-12-16-1-3-17(4-2-16)18-5-6-21-20(11-18)26-22-7-8-27(9-10-28(21)22)14-19-13-24-15-25-19/h1-6,11,13,15H,7-10,12,14,23H2,(H,24,25). The summed E-state index contributed by atoms with van der Waals surface area (Å²) in [5.41, 5.74) is 12.7. The number of nitrogens with one attached hydrogen (secondary N) is 1. The van der Waals surface area contributed by atoms with Gasteiger partial charge in [0.05, 0.1) is 17.4 Å². The van der Waals surface area contributed by atoms with Crippen LogP contribution in [-0.2, 0) is 26.1 Å². The summed E-state index contributed by atoms with van der Waals surface area (Å²) in [6, 6.07) is 15.1. The predicted octanol–water partition coefficient (Wildman–Crippen LogP) is 2.94. The van der Waals surface area contributed by atoms with Gasteiger partial charge in [-0.25, -0.2) is 9.97 Å². The number of aromatic nitrogens is 4. The molecule has 1 aliphatic rings. The molecule has 3 heterocycles. The summed E-state index contributed by atoms with van der Waals surface area (Å²) in [6.07, 6.45) is 4.61. The van der Waals surface area contributed by atoms with Crippen molar-refractivity contribution < 1.29 is 0 Å². The number of rotatable bonds is 4. The van der Waals surface area contributed by atoms with Crippen LogP contribution in [0.15, 0.2) is 55.0 Å². The first-order valence-electron chi connectivity index (χ1n) is 9.78. The van der Waals surface area contributed by atoms with Gasteiger partial charge in [0.1, 0.15) is 5.82 Å². The molecule has 0 unspecified atom stereocenters. The van der Waals surface area contributed by atoms with Gasteiger partial charge < -0.3 is 15.3 Å². The Balaban J connectivity index is 1.39. The van der Waals surface area contributed by atoms with Gasteiger partial charge in [-0.1, -0.05) is 30.3 Å². The molecule has 1 aliphatic heterocycles. The third-order valence-corrected chi connectivity index (χ3v) is 5.59. The van der Waals surface area contributed by atoms with E-state index in [1.54, 1.807) is 6.33 Å². The molecule has 6 nitrogen and oxygen atoms in total. The van der Waals surface area contributed by atoms with Gasteiger partial charge in [0.2, 0.25) is 0 Å². The molecule has 0 fully saturated rings. The molecule has 2 aromatic heterocycles. The average molecular weight is 372 g/mol. The predicted molar refractivity (Wildman–Crippen MR) is 111 cm³/mol. The van der Waals surface area contributed by atoms with E-state index in [0.29, 0.717) is 6.54 Å². The number of nitrogens with zero attached hydrogens (tertiary/aromatic N) is 4. The molecule has 5 rings (SSSR count). The molecule has 0 aliphatic carbocycles. The Kier molecular flexibility index (Phi) is 4.43. The molecular weight excluding hydrogens is 348 g/mol. The number of fused-ring (bicyclic) bond motifs is 3. The SMILES string of the molecule is NCc1ccc(-c2ccc3c(c2)nc2n3CCN(Cc3cnc[nH]3)CC2)cc1. The highest BCUT2D eigenvalue weighted by Gasteiger charge is 2.18. The minimum Gasteiger partial charge on any atom is -0.347 e. The van der Waals surface area contributed by atoms with Crippen LogP contribution < -0.4 is 5.73 Å². The molecule has 0 saturated carbocycles. The second-order valence-corrected chi connectivity index (χ2v) is 7.39. The molecule has 142 valence electrons. The van der Waals surface area contributed by atoms with Crippen LogP contribution in [0.5, 0.6) is 0 Å². The minimum absolute atomic E-state index is 0.574. The summed E-state index contributed by atoms with van der Waals surface area (Å²) in [5.74, 6) is 1.18. The lowest BCUT2D eigenvalue weighted by Crippen LogP contribution is -2.26. The smallest absolute Gasteiger partial charge is 0.111 e. The van der Waals surface area contributed by atoms with Crippen LogP contribution >= 0.6 is 0 Å². The summed E-state index contributed by atoms with van der Waals surface area (Å²) in [5, 5.41) is 0. The van der Waals surface area contributed by atoms with Crippen LogP contribution in [0.4, 0.5) is 0 Å². The highest BCUT2D eigenvalue weighted by molar-refractivity contribution is 5.82. The highest BCUT2D eigenvalue weighted by Crippen LogP contribution is 2.26. The van der Waals surface area contributed by atoms with Gasteiger partial charge in [-0.3, -0.25) is 4.90 Å². The van der Waals surface area contributed by atoms with Gasteiger partial charge >= 0.3 is 0 Å². The van der Waals surface area contributed by atoms with Crippen molar-refractivity contribution in [2.75, 3.05) is 13.1 Å². The van der Waals surface area contributed by atoms with Crippen LogP contribution in [0.25, 0.3) is 22.2 Å². The van der Waals surface area contributed by atoms with E-state index in [1.165, 1.54) is 22.5 Å². The Morgan fingerprint density at radius 3 is 2.64 bits per heavy atom. The minimum atomic E-state index is 0.574. The zero-order valence-electron chi connectivity index (χ0n) is 15.8. The van der Waals surface area contributed by atoms with Crippen molar-refractivity contribution in [2.45, 2.75) is 26.1 Å². The number of hydrogen-bond donors (Lipinski definition) is 2. The molecule has 0 atom stereocenters. The van der Waals surface area contributed by atoms with E-state index in [2.05, 4.69) is 61.9 Å². The maximum absolute atomic E-state index is 5.71. The second-order valence-electron chi connectivity index (χ2n) is 7.39. The lowest BCUT2D eigenvalue weighted by atomic mass is 10.0. The Hall–Kier alpha value is -2.96. The largest absolute Gasteiger partial charge is 0.347 e. The van der Waals surface area contributed by atoms with Gasteiger partial charge in [-0.05, 0) is 28.8 Å². The van der Waals surface area contributed by atoms with Crippen molar-refractivity contribution in [3.63, 3.8) is 0 Å². The molecule has 28 heavy (non-hydrogen) atoms. The summed E-state index contributed by atoms with van der Waals surface area (Å²) < 4.78 is 2.38. The molecular formula is C22H24N6. The summed E-state index contributed by atoms with van der Waals surface area (Å²) in [4.78, 5) is 14.7. The first kappa shape index (κ1) is 17.2. The van der Waals surface area contributed by atoms with Crippen molar-refractivity contribution in [3.8, 4) is 11.1 Å². The monoisotopic (exact) mass is 372 g/mol. The van der Waals surface area contributed by atoms with E-state index in [-0.39, 0.29) is 0 Å². The van der Waals surface area contributed by atoms with Crippen molar-refractivity contribution >= 4 is 11.0 Å². The molecule has 0 radical (unpaired) electrons. The van der Waals surface area contributed by atoms with Crippen molar-refractivity contribution in [1.29, 1.82) is 0 Å². The Morgan fingerprint density at radius 1 is 1.00 bits per heavy atom. The topological polar surface area (TPSA) is 75.8 Å². The number of benzene rings is 2. The van der Waals surface area contributed by atoms with E-state index >= 15 is 0 Å². The van der Waals surface area contributed by atoms with Gasteiger partial charge in [-0.2, -0.15) is 0 Å². The van der Waals surface area contributed by atoms with E-state index in [9.17, 15) is 0 Å². The number of hydrogen-bond acceptors (Lipinski definition) is 4. The number of nitrogens with two attached hydrogens (primary N) is 1. The quantitative estimate of drug-likeness (QED) is 0.577. The van der Waals surface area contributed by atoms with E-state index in [0.717, 1.165) is 49.4 Å². The van der Waals surface area contributed by atoms with Crippen molar-refractivity contribution in [2.24, 2.45) is 5.73 Å². The van der Waals surface area contributed by atoms with Crippen LogP contribution in [0.3, 0.4) is 0 Å². The molecule has 4 aromatic rings. The van der Waals surface area contributed by atoms with Crippen molar-refractivity contribution in [1.82, 2.24) is 24.4 Å². The molecule has 3 N–H and O–H groups in total. The van der Waals surface area contributed by atoms with E-state index in [4.69, 9.17) is 10.7 Å².